The molecule has 0 bridgehead atoms. The van der Waals surface area contributed by atoms with Gasteiger partial charge in [-0.1, -0.05) is 0 Å². The van der Waals surface area contributed by atoms with Gasteiger partial charge in [-0.3, -0.25) is 10.2 Å². The molecule has 0 aromatic rings. The van der Waals surface area contributed by atoms with E-state index in [1.54, 1.807) is 0 Å². The molecule has 2 amide bonds. The molecule has 0 radical (unpaired) electrons. The molecular weight excluding hydrogens is 172 g/mol. The quantitative estimate of drug-likeness (QED) is 0.256. The van der Waals surface area contributed by atoms with E-state index in [1.165, 1.54) is 0 Å². The van der Waals surface area contributed by atoms with Crippen molar-refractivity contribution in [1.29, 1.82) is 0 Å². The molecule has 1 N–H and O–H groups in total. The van der Waals surface area contributed by atoms with Crippen LogP contribution in [-0.4, -0.2) is 60.3 Å². The van der Waals surface area contributed by atoms with E-state index in [4.69, 9.17) is 4.84 Å². The molecule has 0 atom stereocenters. The number of amides is 2. The third-order valence-corrected chi connectivity index (χ3v) is 2.66. The lowest BCUT2D eigenvalue weighted by Crippen LogP contribution is -2.28. The van der Waals surface area contributed by atoms with Crippen molar-refractivity contribution in [3.8, 4) is 0 Å². The van der Waals surface area contributed by atoms with Crippen LogP contribution in [0.3, 0.4) is 0 Å². The number of carbonyl (C=O) groups excluding carboxylic acids is 1. The van der Waals surface area contributed by atoms with E-state index in [0.29, 0.717) is 18.0 Å². The average Bonchev–Trinajstić information content (AvgIpc) is 2.98. The van der Waals surface area contributed by atoms with Gasteiger partial charge in [-0.05, 0) is 0 Å². The highest BCUT2D eigenvalue weighted by molar-refractivity contribution is 5.77. The standard InChI is InChI=1S/C7H13N4O2/c12-7-10(11(7)3-4-11)5-8-6-13-9-1-2-9/h8H,1-6H2/q+1. The van der Waals surface area contributed by atoms with Crippen LogP contribution in [0, 0.1) is 0 Å². The first-order chi connectivity index (χ1) is 6.33. The monoisotopic (exact) mass is 185 g/mol. The Morgan fingerprint density at radius 3 is 2.77 bits per heavy atom. The van der Waals surface area contributed by atoms with Crippen molar-refractivity contribution >= 4 is 6.03 Å². The molecule has 3 aliphatic rings. The maximum absolute atomic E-state index is 11.1. The number of hydrogen-bond acceptors (Lipinski definition) is 4. The predicted octanol–water partition coefficient (Wildman–Crippen LogP) is -1.08. The Kier molecular flexibility index (Phi) is 1.43. The number of carbonyl (C=O) groups is 1. The van der Waals surface area contributed by atoms with Gasteiger partial charge in [0.25, 0.3) is 0 Å². The van der Waals surface area contributed by atoms with Gasteiger partial charge in [-0.25, -0.2) is 0 Å². The molecule has 0 aromatic heterocycles. The zero-order valence-electron chi connectivity index (χ0n) is 7.40. The van der Waals surface area contributed by atoms with Gasteiger partial charge in [0.1, 0.15) is 13.4 Å². The largest absolute Gasteiger partial charge is 0.490 e. The fraction of sp³-hybridized carbons (Fsp3) is 0.857. The second-order valence-corrected chi connectivity index (χ2v) is 3.66. The van der Waals surface area contributed by atoms with Gasteiger partial charge in [0.15, 0.2) is 13.1 Å². The maximum atomic E-state index is 11.1. The number of urea groups is 1. The molecule has 0 aliphatic carbocycles. The number of nitrogens with zero attached hydrogens (tertiary/aromatic N) is 3. The molecule has 6 nitrogen and oxygen atoms in total. The summed E-state index contributed by atoms with van der Waals surface area (Å²) in [6.45, 7) is 5.17. The summed E-state index contributed by atoms with van der Waals surface area (Å²) >= 11 is 0. The minimum atomic E-state index is 0.249. The first-order valence-corrected chi connectivity index (χ1v) is 4.61. The summed E-state index contributed by atoms with van der Waals surface area (Å²) in [5.74, 6) is 0. The van der Waals surface area contributed by atoms with Crippen LogP contribution in [0.4, 0.5) is 4.79 Å². The summed E-state index contributed by atoms with van der Waals surface area (Å²) in [7, 11) is 0. The van der Waals surface area contributed by atoms with Gasteiger partial charge < -0.3 is 0 Å². The number of hydroxylamine groups is 2. The third-order valence-electron chi connectivity index (χ3n) is 2.66. The van der Waals surface area contributed by atoms with Crippen molar-refractivity contribution in [2.75, 3.05) is 39.6 Å². The normalized spacial score (nSPS) is 28.3. The van der Waals surface area contributed by atoms with Crippen molar-refractivity contribution in [1.82, 2.24) is 15.4 Å². The van der Waals surface area contributed by atoms with Gasteiger partial charge in [0.2, 0.25) is 0 Å². The van der Waals surface area contributed by atoms with E-state index in [-0.39, 0.29) is 6.03 Å². The minimum Gasteiger partial charge on any atom is -0.283 e. The van der Waals surface area contributed by atoms with Crippen molar-refractivity contribution in [2.45, 2.75) is 0 Å². The molecule has 6 heteroatoms. The molecule has 3 saturated heterocycles. The molecule has 3 rings (SSSR count). The summed E-state index contributed by atoms with van der Waals surface area (Å²) in [6.07, 6.45) is 0. The van der Waals surface area contributed by atoms with Crippen LogP contribution in [0.15, 0.2) is 0 Å². The van der Waals surface area contributed by atoms with E-state index >= 15 is 0 Å². The van der Waals surface area contributed by atoms with E-state index in [1.807, 2.05) is 10.1 Å². The molecule has 3 fully saturated rings. The summed E-state index contributed by atoms with van der Waals surface area (Å²) in [5.41, 5.74) is 0. The number of nitrogens with one attached hydrogen (secondary N) is 1. The zero-order valence-corrected chi connectivity index (χ0v) is 7.40. The molecule has 72 valence electrons. The first kappa shape index (κ1) is 7.69. The van der Waals surface area contributed by atoms with Gasteiger partial charge >= 0.3 is 6.03 Å². The molecular formula is C7H13N4O2+. The number of rotatable bonds is 5. The third kappa shape index (κ3) is 1.22. The molecule has 13 heavy (non-hydrogen) atoms. The van der Waals surface area contributed by atoms with Crippen LogP contribution in [0.1, 0.15) is 0 Å². The first-order valence-electron chi connectivity index (χ1n) is 4.61. The Labute approximate surface area is 76.1 Å². The summed E-state index contributed by atoms with van der Waals surface area (Å²) in [5, 5.41) is 6.77. The summed E-state index contributed by atoms with van der Waals surface area (Å²) in [6, 6.07) is 0.249. The van der Waals surface area contributed by atoms with Crippen LogP contribution in [-0.2, 0) is 4.84 Å². The Balaban J connectivity index is 1.33. The highest BCUT2D eigenvalue weighted by Crippen LogP contribution is 2.40. The second kappa shape index (κ2) is 2.42. The number of quaternary nitrogens is 1. The summed E-state index contributed by atoms with van der Waals surface area (Å²) in [4.78, 5) is 16.4. The molecule has 0 aromatic carbocycles. The van der Waals surface area contributed by atoms with Crippen LogP contribution in [0.25, 0.3) is 0 Å². The van der Waals surface area contributed by atoms with E-state index in [0.717, 1.165) is 26.2 Å². The Bertz CT molecular complexity index is 249. The Morgan fingerprint density at radius 1 is 1.46 bits per heavy atom. The van der Waals surface area contributed by atoms with Gasteiger partial charge in [-0.2, -0.15) is 9.86 Å². The highest BCUT2D eigenvalue weighted by Gasteiger charge is 2.75. The van der Waals surface area contributed by atoms with Crippen LogP contribution in [0.2, 0.25) is 0 Å². The van der Waals surface area contributed by atoms with Crippen molar-refractivity contribution < 1.29 is 14.2 Å². The maximum Gasteiger partial charge on any atom is 0.490 e. The summed E-state index contributed by atoms with van der Waals surface area (Å²) < 4.78 is 0.594. The van der Waals surface area contributed by atoms with Crippen molar-refractivity contribution in [3.05, 3.63) is 0 Å². The van der Waals surface area contributed by atoms with Crippen LogP contribution in [0.5, 0.6) is 0 Å². The minimum absolute atomic E-state index is 0.249. The Morgan fingerprint density at radius 2 is 2.23 bits per heavy atom. The second-order valence-electron chi connectivity index (χ2n) is 3.66. The average molecular weight is 185 g/mol. The van der Waals surface area contributed by atoms with Gasteiger partial charge in [-0.15, -0.1) is 9.60 Å². The zero-order chi connectivity index (χ0) is 8.89. The fourth-order valence-electron chi connectivity index (χ4n) is 1.49. The SMILES string of the molecule is O=C1N(CNCON2CC2)[N+]12CC2. The lowest BCUT2D eigenvalue weighted by atomic mass is 11.0. The lowest BCUT2D eigenvalue weighted by molar-refractivity contribution is -0.702. The molecule has 3 heterocycles. The van der Waals surface area contributed by atoms with Gasteiger partial charge in [0, 0.05) is 13.1 Å². The lowest BCUT2D eigenvalue weighted by Gasteiger charge is -2.03. The fourth-order valence-corrected chi connectivity index (χ4v) is 1.49. The van der Waals surface area contributed by atoms with E-state index in [2.05, 4.69) is 5.32 Å². The topological polar surface area (TPSA) is 44.4 Å². The number of hydrogen-bond donors (Lipinski definition) is 1. The molecule has 0 unspecified atom stereocenters. The van der Waals surface area contributed by atoms with Gasteiger partial charge in [0.05, 0.1) is 0 Å². The van der Waals surface area contributed by atoms with Crippen LogP contribution >= 0.6 is 0 Å². The highest BCUT2D eigenvalue weighted by atomic mass is 16.7. The predicted molar refractivity (Wildman–Crippen MR) is 42.8 cm³/mol. The molecule has 0 saturated carbocycles. The van der Waals surface area contributed by atoms with Crippen molar-refractivity contribution in [2.24, 2.45) is 0 Å². The molecule has 3 aliphatic heterocycles. The van der Waals surface area contributed by atoms with Crippen molar-refractivity contribution in [3.63, 3.8) is 0 Å². The van der Waals surface area contributed by atoms with Crippen LogP contribution < -0.4 is 5.32 Å². The van der Waals surface area contributed by atoms with E-state index in [9.17, 15) is 4.79 Å². The molecule has 1 spiro atoms. The Hall–Kier alpha value is -0.690. The van der Waals surface area contributed by atoms with E-state index < -0.39 is 0 Å². The smallest absolute Gasteiger partial charge is 0.283 e.